The molecule has 0 bridgehead atoms. The van der Waals surface area contributed by atoms with E-state index in [2.05, 4.69) is 16.0 Å². The number of Topliss-reactive ketones (excluding diaryl/α,β-unsaturated/α-hetero) is 1. The Morgan fingerprint density at radius 3 is 1.67 bits per heavy atom. The number of nitrogens with zero attached hydrogens (tertiary/aromatic N) is 1. The maximum atomic E-state index is 12.3. The summed E-state index contributed by atoms with van der Waals surface area (Å²) in [5.41, 5.74) is 0. The van der Waals surface area contributed by atoms with Crippen molar-refractivity contribution < 1.29 is 48.5 Å². The van der Waals surface area contributed by atoms with Crippen LogP contribution in [0.5, 0.6) is 0 Å². The van der Waals surface area contributed by atoms with Gasteiger partial charge in [-0.1, -0.05) is 90.9 Å². The summed E-state index contributed by atoms with van der Waals surface area (Å²) in [5, 5.41) is 24.3. The number of ether oxygens (including phenoxy) is 2. The highest BCUT2D eigenvalue weighted by Crippen LogP contribution is 2.14. The second kappa shape index (κ2) is 44.5. The number of piperidine rings is 1. The number of carboxylic acid groups (broad SMARTS) is 1. The Kier molecular flexibility index (Phi) is 45.6. The van der Waals surface area contributed by atoms with E-state index in [9.17, 15) is 24.0 Å². The minimum absolute atomic E-state index is 0.0164. The van der Waals surface area contributed by atoms with Crippen LogP contribution in [0.15, 0.2) is 0 Å². The van der Waals surface area contributed by atoms with Crippen molar-refractivity contribution in [2.75, 3.05) is 66.8 Å². The van der Waals surface area contributed by atoms with Gasteiger partial charge in [0.1, 0.15) is 13.4 Å². The minimum Gasteiger partial charge on any atom is -0.481 e. The standard InChI is InChI=1S/C28H53N3O4.C10H19NO4.CH4O.CH2O/c1-29-25-20-23-31(24-21-25)27(33)18-16-22-30-26(32)17-14-12-10-8-6-4-2-3-5-7-9-11-13-15-19-28(34)35;1-9(2)10(13)7-15-6-5-14-4-3-11-8-12;2*1-2/h25,29H,2-24H2,1H3,(H,30,32)(H,34,35);8-9H,3-7H2,1-2H3,(H,11,12);2H,1H3;1H2. The monoisotopic (exact) mass is 775 g/mol. The molecular formula is C40H78N4O10. The third-order valence-corrected chi connectivity index (χ3v) is 8.92. The molecule has 1 saturated heterocycles. The maximum Gasteiger partial charge on any atom is 0.303 e. The van der Waals surface area contributed by atoms with Crippen LogP contribution in [0.1, 0.15) is 142 Å². The third kappa shape index (κ3) is 40.2. The Morgan fingerprint density at radius 2 is 1.20 bits per heavy atom. The van der Waals surface area contributed by atoms with Gasteiger partial charge in [-0.2, -0.15) is 0 Å². The smallest absolute Gasteiger partial charge is 0.303 e. The number of aliphatic carboxylic acids is 1. The highest BCUT2D eigenvalue weighted by molar-refractivity contribution is 5.81. The van der Waals surface area contributed by atoms with E-state index in [1.165, 1.54) is 64.2 Å². The van der Waals surface area contributed by atoms with Crippen molar-refractivity contribution >= 4 is 36.8 Å². The number of hydrogen-bond donors (Lipinski definition) is 5. The van der Waals surface area contributed by atoms with Crippen LogP contribution in [-0.4, -0.2) is 125 Å². The van der Waals surface area contributed by atoms with Crippen molar-refractivity contribution in [3.05, 3.63) is 0 Å². The van der Waals surface area contributed by atoms with Crippen molar-refractivity contribution in [2.45, 2.75) is 148 Å². The Balaban J connectivity index is -0.00000114. The number of aliphatic hydroxyl groups is 1. The quantitative estimate of drug-likeness (QED) is 0.0463. The number of hydrogen-bond acceptors (Lipinski definition) is 10. The number of amides is 3. The van der Waals surface area contributed by atoms with Crippen LogP contribution in [-0.2, 0) is 38.2 Å². The van der Waals surface area contributed by atoms with Crippen LogP contribution in [0.3, 0.4) is 0 Å². The zero-order valence-corrected chi connectivity index (χ0v) is 34.3. The van der Waals surface area contributed by atoms with Gasteiger partial charge in [0, 0.05) is 64.5 Å². The summed E-state index contributed by atoms with van der Waals surface area (Å²) in [7, 11) is 2.98. The van der Waals surface area contributed by atoms with Crippen LogP contribution in [0.4, 0.5) is 0 Å². The number of carbonyl (C=O) groups excluding carboxylic acids is 5. The predicted molar refractivity (Wildman–Crippen MR) is 213 cm³/mol. The van der Waals surface area contributed by atoms with Crippen molar-refractivity contribution in [1.29, 1.82) is 0 Å². The van der Waals surface area contributed by atoms with E-state index in [0.29, 0.717) is 64.6 Å². The largest absolute Gasteiger partial charge is 0.481 e. The molecule has 14 heteroatoms. The molecule has 14 nitrogen and oxygen atoms in total. The predicted octanol–water partition coefficient (Wildman–Crippen LogP) is 4.83. The minimum atomic E-state index is -0.678. The first-order chi connectivity index (χ1) is 26.2. The van der Waals surface area contributed by atoms with Crippen molar-refractivity contribution in [3.8, 4) is 0 Å². The number of nitrogens with one attached hydrogen (secondary N) is 3. The van der Waals surface area contributed by atoms with Gasteiger partial charge in [-0.15, -0.1) is 0 Å². The van der Waals surface area contributed by atoms with Gasteiger partial charge in [0.25, 0.3) is 0 Å². The molecule has 0 aromatic carbocycles. The van der Waals surface area contributed by atoms with Crippen molar-refractivity contribution in [1.82, 2.24) is 20.9 Å². The molecule has 0 atom stereocenters. The molecular weight excluding hydrogens is 696 g/mol. The van der Waals surface area contributed by atoms with E-state index in [1.807, 2.05) is 32.6 Å². The van der Waals surface area contributed by atoms with E-state index in [1.54, 1.807) is 0 Å². The Hall–Kier alpha value is -2.94. The summed E-state index contributed by atoms with van der Waals surface area (Å²) in [6.45, 7) is 9.90. The van der Waals surface area contributed by atoms with Gasteiger partial charge in [-0.3, -0.25) is 24.0 Å². The number of unbranched alkanes of at least 4 members (excludes halogenated alkanes) is 13. The maximum absolute atomic E-state index is 12.3. The number of aliphatic hydroxyl groups excluding tert-OH is 1. The molecule has 1 fully saturated rings. The second-order valence-corrected chi connectivity index (χ2v) is 13.6. The zero-order chi connectivity index (χ0) is 41.1. The summed E-state index contributed by atoms with van der Waals surface area (Å²) in [4.78, 5) is 65.6. The van der Waals surface area contributed by atoms with Gasteiger partial charge in [0.15, 0.2) is 5.78 Å². The van der Waals surface area contributed by atoms with Gasteiger partial charge >= 0.3 is 5.97 Å². The van der Waals surface area contributed by atoms with Crippen molar-refractivity contribution in [3.63, 3.8) is 0 Å². The van der Waals surface area contributed by atoms with Crippen LogP contribution in [0, 0.1) is 5.92 Å². The summed E-state index contributed by atoms with van der Waals surface area (Å²) in [6.07, 6.45) is 21.5. The fraction of sp³-hybridized carbons (Fsp3) is 0.850. The van der Waals surface area contributed by atoms with E-state index < -0.39 is 5.97 Å². The molecule has 0 spiro atoms. The Bertz CT molecular complexity index is 887. The lowest BCUT2D eigenvalue weighted by Gasteiger charge is -2.31. The van der Waals surface area contributed by atoms with Gasteiger partial charge in [-0.25, -0.2) is 0 Å². The van der Waals surface area contributed by atoms with E-state index in [-0.39, 0.29) is 30.1 Å². The third-order valence-electron chi connectivity index (χ3n) is 8.92. The lowest BCUT2D eigenvalue weighted by molar-refractivity contribution is -0.137. The molecule has 54 heavy (non-hydrogen) atoms. The molecule has 1 heterocycles. The first-order valence-corrected chi connectivity index (χ1v) is 20.2. The topological polar surface area (TPSA) is 201 Å². The van der Waals surface area contributed by atoms with E-state index in [4.69, 9.17) is 24.5 Å². The van der Waals surface area contributed by atoms with Gasteiger partial charge in [-0.05, 0) is 39.2 Å². The highest BCUT2D eigenvalue weighted by Gasteiger charge is 2.21. The molecule has 1 aliphatic rings. The number of ketones is 1. The van der Waals surface area contributed by atoms with Gasteiger partial charge < -0.3 is 45.3 Å². The Labute approximate surface area is 326 Å². The lowest BCUT2D eigenvalue weighted by atomic mass is 10.0. The number of likely N-dealkylation sites (tertiary alicyclic amines) is 1. The van der Waals surface area contributed by atoms with E-state index in [0.717, 1.165) is 65.1 Å². The zero-order valence-electron chi connectivity index (χ0n) is 34.3. The number of carbonyl (C=O) groups is 6. The number of carboxylic acids is 1. The van der Waals surface area contributed by atoms with Gasteiger partial charge in [0.2, 0.25) is 18.2 Å². The first-order valence-electron chi connectivity index (χ1n) is 20.2. The fourth-order valence-electron chi connectivity index (χ4n) is 5.56. The van der Waals surface area contributed by atoms with Crippen LogP contribution >= 0.6 is 0 Å². The second-order valence-electron chi connectivity index (χ2n) is 13.6. The molecule has 0 aromatic heterocycles. The SMILES string of the molecule is C=O.CC(C)C(=O)COCCOCCNC=O.CNC1CCN(C(=O)CCCNC(=O)CCCCCCCCCCCCCCCCC(=O)O)CC1.CO. The molecule has 5 N–H and O–H groups in total. The molecule has 0 radical (unpaired) electrons. The summed E-state index contributed by atoms with van der Waals surface area (Å²) >= 11 is 0. The van der Waals surface area contributed by atoms with E-state index >= 15 is 0 Å². The summed E-state index contributed by atoms with van der Waals surface area (Å²) in [5.74, 6) is -0.226. The van der Waals surface area contributed by atoms with Crippen LogP contribution in [0.2, 0.25) is 0 Å². The molecule has 0 aromatic rings. The molecule has 1 rings (SSSR count). The molecule has 0 saturated carbocycles. The number of rotatable bonds is 32. The normalized spacial score (nSPS) is 12.3. The first kappa shape index (κ1) is 55.4. The molecule has 0 aliphatic carbocycles. The van der Waals surface area contributed by atoms with Crippen molar-refractivity contribution in [2.24, 2.45) is 5.92 Å². The summed E-state index contributed by atoms with van der Waals surface area (Å²) < 4.78 is 10.2. The molecule has 3 amide bonds. The van der Waals surface area contributed by atoms with Crippen LogP contribution < -0.4 is 16.0 Å². The highest BCUT2D eigenvalue weighted by atomic mass is 16.5. The molecule has 1 aliphatic heterocycles. The lowest BCUT2D eigenvalue weighted by Crippen LogP contribution is -2.44. The molecule has 318 valence electrons. The Morgan fingerprint density at radius 1 is 0.722 bits per heavy atom. The fourth-order valence-corrected chi connectivity index (χ4v) is 5.56. The average molecular weight is 775 g/mol. The molecule has 0 unspecified atom stereocenters. The summed E-state index contributed by atoms with van der Waals surface area (Å²) in [6, 6.07) is 0.536. The average Bonchev–Trinajstić information content (AvgIpc) is 3.18. The van der Waals surface area contributed by atoms with Crippen LogP contribution in [0.25, 0.3) is 0 Å². The van der Waals surface area contributed by atoms with Gasteiger partial charge in [0.05, 0.1) is 19.8 Å².